The van der Waals surface area contributed by atoms with Gasteiger partial charge in [-0.3, -0.25) is 24.3 Å². The summed E-state index contributed by atoms with van der Waals surface area (Å²) in [4.78, 5) is 44.9. The molecule has 12 heteroatoms. The Labute approximate surface area is 209 Å². The van der Waals surface area contributed by atoms with Gasteiger partial charge in [0.05, 0.1) is 24.0 Å². The van der Waals surface area contributed by atoms with Gasteiger partial charge in [0, 0.05) is 36.6 Å². The molecule has 2 aromatic heterocycles. The molecule has 192 valence electrons. The fraction of sp³-hybridized carbons (Fsp3) is 0.458. The van der Waals surface area contributed by atoms with E-state index in [1.807, 2.05) is 4.57 Å². The second kappa shape index (κ2) is 8.93. The summed E-state index contributed by atoms with van der Waals surface area (Å²) in [6.45, 7) is 5.95. The fourth-order valence-corrected chi connectivity index (χ4v) is 5.43. The summed E-state index contributed by atoms with van der Waals surface area (Å²) in [5.74, 6) is -0.808. The van der Waals surface area contributed by atoms with E-state index >= 15 is 4.39 Å². The number of benzene rings is 1. The van der Waals surface area contributed by atoms with Crippen molar-refractivity contribution in [2.24, 2.45) is 5.92 Å². The minimum atomic E-state index is -0.626. The Hall–Kier alpha value is -3.38. The lowest BCUT2D eigenvalue weighted by atomic mass is 10.1. The summed E-state index contributed by atoms with van der Waals surface area (Å²) < 4.78 is 25.4. The van der Waals surface area contributed by atoms with Crippen molar-refractivity contribution < 1.29 is 18.8 Å². The molecular weight excluding hydrogens is 489 g/mol. The number of fused-ring (bicyclic) bond motifs is 2. The molecule has 0 spiro atoms. The number of hydrogen-bond acceptors (Lipinski definition) is 8. The molecule has 36 heavy (non-hydrogen) atoms. The number of ether oxygens (including phenoxy) is 1. The van der Waals surface area contributed by atoms with Gasteiger partial charge in [0.25, 0.3) is 5.56 Å². The maximum atomic E-state index is 15.4. The van der Waals surface area contributed by atoms with E-state index < -0.39 is 28.5 Å². The number of aromatic nitrogens is 2. The number of rotatable bonds is 6. The van der Waals surface area contributed by atoms with Gasteiger partial charge in [-0.15, -0.1) is 0 Å². The molecule has 3 aromatic rings. The molecule has 10 nitrogen and oxygen atoms in total. The number of nitrogens with zero attached hydrogens (tertiary/aromatic N) is 2. The summed E-state index contributed by atoms with van der Waals surface area (Å²) in [7, 11) is 1.47. The number of alkyl carbamates (subject to hydrolysis) is 1. The Kier molecular flexibility index (Phi) is 6.03. The molecule has 1 aromatic carbocycles. The fourth-order valence-electron chi connectivity index (χ4n) is 4.51. The van der Waals surface area contributed by atoms with Crippen LogP contribution in [0.3, 0.4) is 0 Å². The Balaban J connectivity index is 1.51. The Morgan fingerprint density at radius 2 is 2.03 bits per heavy atom. The zero-order chi connectivity index (χ0) is 25.8. The molecule has 3 N–H and O–H groups in total. The first-order valence-electron chi connectivity index (χ1n) is 11.7. The van der Waals surface area contributed by atoms with Crippen molar-refractivity contribution in [3.63, 3.8) is 0 Å². The number of pyridine rings is 1. The van der Waals surface area contributed by atoms with Crippen LogP contribution in [0.5, 0.6) is 0 Å². The van der Waals surface area contributed by atoms with Gasteiger partial charge in [0.15, 0.2) is 0 Å². The van der Waals surface area contributed by atoms with Crippen LogP contribution in [0.4, 0.5) is 14.9 Å². The second-order valence-electron chi connectivity index (χ2n) is 10.1. The molecule has 1 fully saturated rings. The van der Waals surface area contributed by atoms with Crippen LogP contribution in [0, 0.1) is 11.7 Å². The third-order valence-electron chi connectivity index (χ3n) is 6.18. The van der Waals surface area contributed by atoms with Crippen molar-refractivity contribution in [3.05, 3.63) is 50.4 Å². The van der Waals surface area contributed by atoms with Gasteiger partial charge in [-0.1, -0.05) is 0 Å². The van der Waals surface area contributed by atoms with Gasteiger partial charge in [-0.2, -0.15) is 0 Å². The van der Waals surface area contributed by atoms with E-state index in [4.69, 9.17) is 9.57 Å². The Bertz CT molecular complexity index is 1500. The highest BCUT2D eigenvalue weighted by molar-refractivity contribution is 7.12. The minimum absolute atomic E-state index is 0.0764. The van der Waals surface area contributed by atoms with Crippen molar-refractivity contribution in [2.75, 3.05) is 25.1 Å². The lowest BCUT2D eigenvalue weighted by Crippen LogP contribution is -2.37. The first-order chi connectivity index (χ1) is 17.1. The average molecular weight is 518 g/mol. The Morgan fingerprint density at radius 1 is 1.28 bits per heavy atom. The number of aromatic amines is 1. The molecule has 0 radical (unpaired) electrons. The van der Waals surface area contributed by atoms with Gasteiger partial charge in [0.2, 0.25) is 5.43 Å². The summed E-state index contributed by atoms with van der Waals surface area (Å²) in [6, 6.07) is 3.04. The SMILES string of the molecule is CONC1=CN(c2cc3c(cc2F)c(=O)c2c(=O)[nH]sc2n3C2CC2)CC1CNC(=O)OC(C)(C)C. The van der Waals surface area contributed by atoms with E-state index in [1.54, 1.807) is 37.9 Å². The number of amides is 1. The molecule has 0 saturated heterocycles. The minimum Gasteiger partial charge on any atom is -0.444 e. The summed E-state index contributed by atoms with van der Waals surface area (Å²) >= 11 is 1.13. The van der Waals surface area contributed by atoms with E-state index in [0.29, 0.717) is 22.6 Å². The maximum Gasteiger partial charge on any atom is 0.407 e. The van der Waals surface area contributed by atoms with Crippen LogP contribution in [0.2, 0.25) is 0 Å². The van der Waals surface area contributed by atoms with Crippen LogP contribution in [0.15, 0.2) is 33.6 Å². The van der Waals surface area contributed by atoms with Crippen molar-refractivity contribution in [1.82, 2.24) is 19.7 Å². The molecule has 1 unspecified atom stereocenters. The smallest absolute Gasteiger partial charge is 0.407 e. The number of halogens is 1. The lowest BCUT2D eigenvalue weighted by molar-refractivity contribution is 0.0518. The van der Waals surface area contributed by atoms with E-state index in [1.165, 1.54) is 13.2 Å². The summed E-state index contributed by atoms with van der Waals surface area (Å²) in [5.41, 5.74) is 2.81. The molecule has 3 heterocycles. The van der Waals surface area contributed by atoms with E-state index in [-0.39, 0.29) is 35.0 Å². The molecule has 1 aliphatic heterocycles. The zero-order valence-corrected chi connectivity index (χ0v) is 21.3. The maximum absolute atomic E-state index is 15.4. The van der Waals surface area contributed by atoms with Crippen LogP contribution in [-0.2, 0) is 9.57 Å². The van der Waals surface area contributed by atoms with Gasteiger partial charge < -0.3 is 19.5 Å². The summed E-state index contributed by atoms with van der Waals surface area (Å²) in [6.07, 6.45) is 3.03. The number of hydrogen-bond donors (Lipinski definition) is 3. The zero-order valence-electron chi connectivity index (χ0n) is 20.4. The number of anilines is 1. The highest BCUT2D eigenvalue weighted by atomic mass is 32.1. The highest BCUT2D eigenvalue weighted by Crippen LogP contribution is 2.41. The number of carbonyl (C=O) groups is 1. The number of hydroxylamine groups is 1. The van der Waals surface area contributed by atoms with Crippen molar-refractivity contribution in [3.8, 4) is 0 Å². The number of nitrogens with one attached hydrogen (secondary N) is 3. The molecule has 5 rings (SSSR count). The van der Waals surface area contributed by atoms with Crippen molar-refractivity contribution in [1.29, 1.82) is 0 Å². The summed E-state index contributed by atoms with van der Waals surface area (Å²) in [5, 5.41) is 3.01. The van der Waals surface area contributed by atoms with Crippen LogP contribution >= 0.6 is 11.5 Å². The molecule has 0 bridgehead atoms. The number of H-pyrrole nitrogens is 1. The normalized spacial score (nSPS) is 18.1. The van der Waals surface area contributed by atoms with E-state index in [9.17, 15) is 14.4 Å². The van der Waals surface area contributed by atoms with Crippen LogP contribution in [0.25, 0.3) is 21.1 Å². The highest BCUT2D eigenvalue weighted by Gasteiger charge is 2.32. The quantitative estimate of drug-likeness (QED) is 0.429. The van der Waals surface area contributed by atoms with Gasteiger partial charge in [0.1, 0.15) is 21.6 Å². The van der Waals surface area contributed by atoms with Crippen molar-refractivity contribution >= 4 is 44.4 Å². The predicted molar refractivity (Wildman–Crippen MR) is 136 cm³/mol. The standard InChI is InChI=1S/C24H28FN5O5S/c1-24(2,3)35-23(33)26-9-12-10-29(11-16(12)27-34-4)18-8-17-14(7-15(18)25)20(31)19-21(32)28-36-22(19)30(17)13-5-6-13/h7-8,11-13,27H,5-6,9-10H2,1-4H3,(H,26,33)(H,28,32). The van der Waals surface area contributed by atoms with Crippen LogP contribution in [-0.4, -0.2) is 40.8 Å². The van der Waals surface area contributed by atoms with Gasteiger partial charge in [-0.25, -0.2) is 9.18 Å². The third-order valence-corrected chi connectivity index (χ3v) is 7.06. The number of carbonyl (C=O) groups excluding carboxylic acids is 1. The van der Waals surface area contributed by atoms with Gasteiger partial charge >= 0.3 is 6.09 Å². The monoisotopic (exact) mass is 517 g/mol. The Morgan fingerprint density at radius 3 is 2.69 bits per heavy atom. The third kappa shape index (κ3) is 4.46. The topological polar surface area (TPSA) is 118 Å². The van der Waals surface area contributed by atoms with Crippen LogP contribution in [0.1, 0.15) is 39.7 Å². The van der Waals surface area contributed by atoms with E-state index in [2.05, 4.69) is 15.2 Å². The van der Waals surface area contributed by atoms with Crippen LogP contribution < -0.4 is 26.7 Å². The first kappa shape index (κ1) is 24.3. The molecule has 1 aliphatic carbocycles. The van der Waals surface area contributed by atoms with Crippen molar-refractivity contribution in [2.45, 2.75) is 45.3 Å². The molecule has 1 saturated carbocycles. The second-order valence-corrected chi connectivity index (χ2v) is 10.9. The average Bonchev–Trinajstić information content (AvgIpc) is 3.44. The molecule has 1 atom stereocenters. The van der Waals surface area contributed by atoms with Gasteiger partial charge in [-0.05, 0) is 57.3 Å². The molecular formula is C24H28FN5O5S. The lowest BCUT2D eigenvalue weighted by Gasteiger charge is -2.22. The first-order valence-corrected chi connectivity index (χ1v) is 12.5. The van der Waals surface area contributed by atoms with E-state index in [0.717, 1.165) is 24.4 Å². The molecule has 1 amide bonds. The predicted octanol–water partition coefficient (Wildman–Crippen LogP) is 3.33. The largest absolute Gasteiger partial charge is 0.444 e. The molecule has 2 aliphatic rings.